The molecule has 2 N–H and O–H groups in total. The van der Waals surface area contributed by atoms with Crippen molar-refractivity contribution < 1.29 is 10.2 Å². The van der Waals surface area contributed by atoms with Gasteiger partial charge in [-0.05, 0) is 45.1 Å². The van der Waals surface area contributed by atoms with Gasteiger partial charge in [-0.3, -0.25) is 0 Å². The van der Waals surface area contributed by atoms with Crippen LogP contribution < -0.4 is 0 Å². The van der Waals surface area contributed by atoms with E-state index in [9.17, 15) is 10.2 Å². The Morgan fingerprint density at radius 1 is 1.38 bits per heavy atom. The standard InChI is InChI=1S/C13H27NO2/c1-12(2)7-6-10(11(12)15)8-14(5)9-13(3,4)16/h10-11,15-16H,6-9H2,1-5H3. The van der Waals surface area contributed by atoms with Crippen molar-refractivity contribution >= 4 is 0 Å². The van der Waals surface area contributed by atoms with Gasteiger partial charge in [0.05, 0.1) is 11.7 Å². The second-order valence-corrected chi connectivity index (χ2v) is 6.74. The predicted octanol–water partition coefficient (Wildman–Crippen LogP) is 1.49. The van der Waals surface area contributed by atoms with Gasteiger partial charge in [0.1, 0.15) is 0 Å². The Balaban J connectivity index is 2.44. The van der Waals surface area contributed by atoms with Crippen molar-refractivity contribution in [3.05, 3.63) is 0 Å². The van der Waals surface area contributed by atoms with Crippen LogP contribution in [0.15, 0.2) is 0 Å². The van der Waals surface area contributed by atoms with Crippen LogP contribution >= 0.6 is 0 Å². The van der Waals surface area contributed by atoms with Crippen LogP contribution in [-0.2, 0) is 0 Å². The number of hydrogen-bond donors (Lipinski definition) is 2. The summed E-state index contributed by atoms with van der Waals surface area (Å²) in [7, 11) is 2.01. The molecule has 0 bridgehead atoms. The third-order valence-corrected chi connectivity index (χ3v) is 3.61. The van der Waals surface area contributed by atoms with E-state index in [4.69, 9.17) is 0 Å². The Morgan fingerprint density at radius 3 is 2.31 bits per heavy atom. The molecule has 1 aliphatic carbocycles. The van der Waals surface area contributed by atoms with E-state index in [1.165, 1.54) is 0 Å². The Hall–Kier alpha value is -0.120. The lowest BCUT2D eigenvalue weighted by Crippen LogP contribution is -2.41. The summed E-state index contributed by atoms with van der Waals surface area (Å²) in [5, 5.41) is 19.9. The molecule has 1 aliphatic rings. The van der Waals surface area contributed by atoms with E-state index in [2.05, 4.69) is 18.7 Å². The lowest BCUT2D eigenvalue weighted by molar-refractivity contribution is 0.0123. The van der Waals surface area contributed by atoms with Crippen molar-refractivity contribution in [2.24, 2.45) is 11.3 Å². The fraction of sp³-hybridized carbons (Fsp3) is 1.00. The molecule has 0 aromatic carbocycles. The van der Waals surface area contributed by atoms with Gasteiger partial charge in [-0.25, -0.2) is 0 Å². The van der Waals surface area contributed by atoms with Crippen molar-refractivity contribution in [3.63, 3.8) is 0 Å². The van der Waals surface area contributed by atoms with Crippen LogP contribution in [0.1, 0.15) is 40.5 Å². The highest BCUT2D eigenvalue weighted by molar-refractivity contribution is 4.92. The largest absolute Gasteiger partial charge is 0.392 e. The summed E-state index contributed by atoms with van der Waals surface area (Å²) in [5.41, 5.74) is -0.603. The highest BCUT2D eigenvalue weighted by atomic mass is 16.3. The predicted molar refractivity (Wildman–Crippen MR) is 66.3 cm³/mol. The molecule has 0 saturated heterocycles. The molecule has 2 unspecified atom stereocenters. The van der Waals surface area contributed by atoms with Gasteiger partial charge < -0.3 is 15.1 Å². The molecular weight excluding hydrogens is 202 g/mol. The van der Waals surface area contributed by atoms with Gasteiger partial charge in [0.15, 0.2) is 0 Å². The van der Waals surface area contributed by atoms with Crippen molar-refractivity contribution in [2.45, 2.75) is 52.2 Å². The third kappa shape index (κ3) is 3.72. The molecule has 3 nitrogen and oxygen atoms in total. The van der Waals surface area contributed by atoms with Crippen LogP contribution in [0.4, 0.5) is 0 Å². The fourth-order valence-corrected chi connectivity index (χ4v) is 2.82. The summed E-state index contributed by atoms with van der Waals surface area (Å²) in [6.45, 7) is 9.42. The molecule has 1 rings (SSSR count). The average Bonchev–Trinajstić information content (AvgIpc) is 2.28. The van der Waals surface area contributed by atoms with Crippen molar-refractivity contribution in [1.82, 2.24) is 4.90 Å². The van der Waals surface area contributed by atoms with Gasteiger partial charge >= 0.3 is 0 Å². The first kappa shape index (κ1) is 13.9. The topological polar surface area (TPSA) is 43.7 Å². The Kier molecular flexibility index (Phi) is 4.04. The van der Waals surface area contributed by atoms with Crippen LogP contribution in [0.3, 0.4) is 0 Å². The van der Waals surface area contributed by atoms with Crippen LogP contribution in [0, 0.1) is 11.3 Å². The van der Waals surface area contributed by atoms with Gasteiger partial charge in [0.25, 0.3) is 0 Å². The molecule has 2 atom stereocenters. The number of rotatable bonds is 4. The van der Waals surface area contributed by atoms with E-state index < -0.39 is 5.60 Å². The Bertz CT molecular complexity index is 233. The molecule has 0 radical (unpaired) electrons. The lowest BCUT2D eigenvalue weighted by atomic mass is 9.87. The minimum Gasteiger partial charge on any atom is -0.392 e. The van der Waals surface area contributed by atoms with Gasteiger partial charge in [0, 0.05) is 13.1 Å². The first-order valence-electron chi connectivity index (χ1n) is 6.21. The Morgan fingerprint density at radius 2 is 1.94 bits per heavy atom. The molecule has 16 heavy (non-hydrogen) atoms. The normalized spacial score (nSPS) is 30.0. The number of hydrogen-bond acceptors (Lipinski definition) is 3. The van der Waals surface area contributed by atoms with Crippen molar-refractivity contribution in [3.8, 4) is 0 Å². The maximum Gasteiger partial charge on any atom is 0.0718 e. The van der Waals surface area contributed by atoms with E-state index in [1.54, 1.807) is 0 Å². The smallest absolute Gasteiger partial charge is 0.0718 e. The molecule has 0 aromatic heterocycles. The third-order valence-electron chi connectivity index (χ3n) is 3.61. The number of nitrogens with zero attached hydrogens (tertiary/aromatic N) is 1. The van der Waals surface area contributed by atoms with Gasteiger partial charge in [0.2, 0.25) is 0 Å². The summed E-state index contributed by atoms with van der Waals surface area (Å²) in [6.07, 6.45) is 1.97. The van der Waals surface area contributed by atoms with Crippen LogP contribution in [0.25, 0.3) is 0 Å². The Labute approximate surface area is 99.5 Å². The monoisotopic (exact) mass is 229 g/mol. The van der Waals surface area contributed by atoms with E-state index in [0.29, 0.717) is 12.5 Å². The first-order chi connectivity index (χ1) is 7.12. The summed E-state index contributed by atoms with van der Waals surface area (Å²) < 4.78 is 0. The number of likely N-dealkylation sites (N-methyl/N-ethyl adjacent to an activating group) is 1. The van der Waals surface area contributed by atoms with Gasteiger partial charge in [-0.15, -0.1) is 0 Å². The van der Waals surface area contributed by atoms with Crippen molar-refractivity contribution in [1.29, 1.82) is 0 Å². The van der Waals surface area contributed by atoms with Gasteiger partial charge in [-0.1, -0.05) is 13.8 Å². The second-order valence-electron chi connectivity index (χ2n) is 6.74. The van der Waals surface area contributed by atoms with E-state index in [1.807, 2.05) is 20.9 Å². The fourth-order valence-electron chi connectivity index (χ4n) is 2.82. The quantitative estimate of drug-likeness (QED) is 0.767. The summed E-state index contributed by atoms with van der Waals surface area (Å²) >= 11 is 0. The molecule has 0 amide bonds. The average molecular weight is 229 g/mol. The molecule has 0 heterocycles. The van der Waals surface area contributed by atoms with Crippen LogP contribution in [0.5, 0.6) is 0 Å². The molecule has 1 fully saturated rings. The summed E-state index contributed by atoms with van der Waals surface area (Å²) in [6, 6.07) is 0. The van der Waals surface area contributed by atoms with E-state index in [-0.39, 0.29) is 11.5 Å². The zero-order chi connectivity index (χ0) is 12.6. The first-order valence-corrected chi connectivity index (χ1v) is 6.21. The number of aliphatic hydroxyl groups excluding tert-OH is 1. The second kappa shape index (κ2) is 4.63. The highest BCUT2D eigenvalue weighted by Crippen LogP contribution is 2.41. The SMILES string of the molecule is CN(CC1CCC(C)(C)C1O)CC(C)(C)O. The molecule has 0 aromatic rings. The molecular formula is C13H27NO2. The van der Waals surface area contributed by atoms with Crippen LogP contribution in [-0.4, -0.2) is 47.0 Å². The summed E-state index contributed by atoms with van der Waals surface area (Å²) in [4.78, 5) is 2.12. The summed E-state index contributed by atoms with van der Waals surface area (Å²) in [5.74, 6) is 0.349. The van der Waals surface area contributed by atoms with Gasteiger partial charge in [-0.2, -0.15) is 0 Å². The maximum atomic E-state index is 10.2. The minimum atomic E-state index is -0.659. The van der Waals surface area contributed by atoms with Crippen molar-refractivity contribution in [2.75, 3.05) is 20.1 Å². The zero-order valence-electron chi connectivity index (χ0n) is 11.3. The molecule has 0 aliphatic heterocycles. The zero-order valence-corrected chi connectivity index (χ0v) is 11.3. The molecule has 3 heteroatoms. The van der Waals surface area contributed by atoms with E-state index in [0.717, 1.165) is 19.4 Å². The number of aliphatic hydroxyl groups is 2. The van der Waals surface area contributed by atoms with Crippen LogP contribution in [0.2, 0.25) is 0 Å². The molecule has 96 valence electrons. The highest BCUT2D eigenvalue weighted by Gasteiger charge is 2.41. The molecule has 0 spiro atoms. The molecule has 1 saturated carbocycles. The maximum absolute atomic E-state index is 10.2. The van der Waals surface area contributed by atoms with E-state index >= 15 is 0 Å². The minimum absolute atomic E-state index is 0.0558. The lowest BCUT2D eigenvalue weighted by Gasteiger charge is -2.31.